The smallest absolute Gasteiger partial charge is 0.341 e. The van der Waals surface area contributed by atoms with Crippen LogP contribution < -0.4 is 10.3 Å². The molecular weight excluding hydrogens is 401 g/mol. The molecule has 2 N–H and O–H groups in total. The Hall–Kier alpha value is -3.49. The van der Waals surface area contributed by atoms with Crippen LogP contribution >= 0.6 is 0 Å². The molecule has 0 aliphatic carbocycles. The van der Waals surface area contributed by atoms with E-state index >= 15 is 8.78 Å². The van der Waals surface area contributed by atoms with E-state index in [4.69, 9.17) is 0 Å². The lowest BCUT2D eigenvalue weighted by Crippen LogP contribution is -2.25. The molecule has 1 aromatic heterocycles. The van der Waals surface area contributed by atoms with Gasteiger partial charge in [0.25, 0.3) is 0 Å². The monoisotopic (exact) mass is 418 g/mol. The van der Waals surface area contributed by atoms with Gasteiger partial charge in [-0.1, -0.05) is 0 Å². The van der Waals surface area contributed by atoms with E-state index in [1.165, 1.54) is 23.1 Å². The SMILES string of the molecule is Cc1cc(O)ccc1-n1cc(C(=O)O)c(=O)c2c(F)c(F)c(N3CCCC3)c(F)c21. The molecule has 156 valence electrons. The van der Waals surface area contributed by atoms with Gasteiger partial charge in [-0.3, -0.25) is 4.79 Å². The molecule has 6 nitrogen and oxygen atoms in total. The van der Waals surface area contributed by atoms with Gasteiger partial charge in [-0.25, -0.2) is 18.0 Å². The zero-order chi connectivity index (χ0) is 21.7. The number of hydrogen-bond donors (Lipinski definition) is 2. The number of hydrogen-bond acceptors (Lipinski definition) is 4. The van der Waals surface area contributed by atoms with Crippen LogP contribution in [0.3, 0.4) is 0 Å². The summed E-state index contributed by atoms with van der Waals surface area (Å²) in [6, 6.07) is 4.00. The second-order valence-corrected chi connectivity index (χ2v) is 7.23. The van der Waals surface area contributed by atoms with Crippen molar-refractivity contribution in [2.24, 2.45) is 0 Å². The Morgan fingerprint density at radius 2 is 1.73 bits per heavy atom. The summed E-state index contributed by atoms with van der Waals surface area (Å²) in [5.41, 5.74) is -2.67. The van der Waals surface area contributed by atoms with Gasteiger partial charge in [0.2, 0.25) is 5.43 Å². The van der Waals surface area contributed by atoms with Crippen molar-refractivity contribution in [2.75, 3.05) is 18.0 Å². The second-order valence-electron chi connectivity index (χ2n) is 7.23. The number of aryl methyl sites for hydroxylation is 1. The number of halogens is 3. The summed E-state index contributed by atoms with van der Waals surface area (Å²) in [7, 11) is 0. The van der Waals surface area contributed by atoms with Gasteiger partial charge in [-0.15, -0.1) is 0 Å². The van der Waals surface area contributed by atoms with E-state index in [-0.39, 0.29) is 11.4 Å². The molecule has 0 unspecified atom stereocenters. The molecule has 0 saturated carbocycles. The van der Waals surface area contributed by atoms with Crippen LogP contribution in [0.15, 0.2) is 29.2 Å². The summed E-state index contributed by atoms with van der Waals surface area (Å²) >= 11 is 0. The standard InChI is InChI=1S/C21H17F3N2O4/c1-10-8-11(27)4-5-13(10)26-9-12(21(29)30)20(28)14-15(22)16(23)19(17(24)18(14)26)25-6-2-3-7-25/h4-5,8-9,27H,2-3,6-7H2,1H3,(H,29,30). The maximum atomic E-state index is 15.6. The van der Waals surface area contributed by atoms with E-state index in [9.17, 15) is 24.2 Å². The number of carboxylic acid groups (broad SMARTS) is 1. The van der Waals surface area contributed by atoms with Crippen molar-refractivity contribution in [3.63, 3.8) is 0 Å². The van der Waals surface area contributed by atoms with Crippen molar-refractivity contribution >= 4 is 22.6 Å². The number of anilines is 1. The average Bonchev–Trinajstić information content (AvgIpc) is 3.20. The minimum atomic E-state index is -1.66. The molecule has 2 aromatic carbocycles. The number of carbonyl (C=O) groups is 1. The summed E-state index contributed by atoms with van der Waals surface area (Å²) in [6.45, 7) is 2.22. The van der Waals surface area contributed by atoms with Gasteiger partial charge in [0.05, 0.1) is 10.9 Å². The quantitative estimate of drug-likeness (QED) is 0.634. The minimum Gasteiger partial charge on any atom is -0.508 e. The lowest BCUT2D eigenvalue weighted by molar-refractivity contribution is 0.0695. The molecule has 1 saturated heterocycles. The van der Waals surface area contributed by atoms with Crippen LogP contribution in [0.1, 0.15) is 28.8 Å². The fourth-order valence-electron chi connectivity index (χ4n) is 3.93. The fraction of sp³-hybridized carbons (Fsp3) is 0.238. The number of aromatic hydroxyl groups is 1. The Labute approximate surface area is 168 Å². The van der Waals surface area contributed by atoms with Crippen molar-refractivity contribution in [1.29, 1.82) is 0 Å². The molecule has 0 atom stereocenters. The van der Waals surface area contributed by atoms with E-state index < -0.39 is 51.0 Å². The molecule has 1 fully saturated rings. The van der Waals surface area contributed by atoms with Gasteiger partial charge in [0, 0.05) is 25.0 Å². The van der Waals surface area contributed by atoms with Crippen LogP contribution in [0.2, 0.25) is 0 Å². The van der Waals surface area contributed by atoms with Crippen LogP contribution in [0.4, 0.5) is 18.9 Å². The van der Waals surface area contributed by atoms with Crippen LogP contribution in [0.5, 0.6) is 5.75 Å². The number of phenols is 1. The first-order chi connectivity index (χ1) is 14.2. The van der Waals surface area contributed by atoms with E-state index in [0.29, 0.717) is 31.5 Å². The first kappa shape index (κ1) is 19.8. The normalized spacial score (nSPS) is 13.9. The molecule has 4 rings (SSSR count). The highest BCUT2D eigenvalue weighted by Crippen LogP contribution is 2.36. The molecular formula is C21H17F3N2O4. The van der Waals surface area contributed by atoms with Gasteiger partial charge in [0.1, 0.15) is 17.0 Å². The number of rotatable bonds is 3. The third kappa shape index (κ3) is 2.89. The van der Waals surface area contributed by atoms with E-state index in [1.807, 2.05) is 0 Å². The zero-order valence-electron chi connectivity index (χ0n) is 15.9. The number of nitrogens with zero attached hydrogens (tertiary/aromatic N) is 2. The van der Waals surface area contributed by atoms with Crippen molar-refractivity contribution in [1.82, 2.24) is 4.57 Å². The van der Waals surface area contributed by atoms with Crippen molar-refractivity contribution in [3.05, 3.63) is 63.2 Å². The van der Waals surface area contributed by atoms with Gasteiger partial charge in [-0.05, 0) is 43.5 Å². The first-order valence-electron chi connectivity index (χ1n) is 9.26. The fourth-order valence-corrected chi connectivity index (χ4v) is 3.93. The highest BCUT2D eigenvalue weighted by molar-refractivity contribution is 5.95. The van der Waals surface area contributed by atoms with Crippen molar-refractivity contribution < 1.29 is 28.2 Å². The summed E-state index contributed by atoms with van der Waals surface area (Å²) < 4.78 is 46.5. The van der Waals surface area contributed by atoms with Crippen LogP contribution in [0, 0.1) is 24.4 Å². The van der Waals surface area contributed by atoms with E-state index in [1.54, 1.807) is 6.92 Å². The first-order valence-corrected chi connectivity index (χ1v) is 9.26. The summed E-state index contributed by atoms with van der Waals surface area (Å²) in [5, 5.41) is 18.1. The number of carboxylic acids is 1. The maximum absolute atomic E-state index is 15.6. The number of aromatic nitrogens is 1. The molecule has 9 heteroatoms. The minimum absolute atomic E-state index is 0.0875. The zero-order valence-corrected chi connectivity index (χ0v) is 15.9. The summed E-state index contributed by atoms with van der Waals surface area (Å²) in [6.07, 6.45) is 2.25. The van der Waals surface area contributed by atoms with E-state index in [2.05, 4.69) is 0 Å². The molecule has 1 aliphatic heterocycles. The topological polar surface area (TPSA) is 82.8 Å². The Bertz CT molecular complexity index is 1260. The van der Waals surface area contributed by atoms with Gasteiger partial charge in [-0.2, -0.15) is 0 Å². The molecule has 3 aromatic rings. The van der Waals surface area contributed by atoms with Gasteiger partial charge < -0.3 is 19.7 Å². The Balaban J connectivity index is 2.21. The molecule has 30 heavy (non-hydrogen) atoms. The summed E-state index contributed by atoms with van der Waals surface area (Å²) in [4.78, 5) is 25.6. The Morgan fingerprint density at radius 1 is 1.07 bits per heavy atom. The Morgan fingerprint density at radius 3 is 2.33 bits per heavy atom. The van der Waals surface area contributed by atoms with E-state index in [0.717, 1.165) is 10.8 Å². The maximum Gasteiger partial charge on any atom is 0.341 e. The molecule has 1 aliphatic rings. The number of phenolic OH excluding ortho intramolecular Hbond substituents is 1. The highest BCUT2D eigenvalue weighted by atomic mass is 19.2. The predicted octanol–water partition coefficient (Wildman–Crippen LogP) is 3.72. The lowest BCUT2D eigenvalue weighted by atomic mass is 10.1. The number of aromatic carboxylic acids is 1. The summed E-state index contributed by atoms with van der Waals surface area (Å²) in [5.74, 6) is -6.00. The van der Waals surface area contributed by atoms with Crippen LogP contribution in [0.25, 0.3) is 16.6 Å². The van der Waals surface area contributed by atoms with Crippen molar-refractivity contribution in [2.45, 2.75) is 19.8 Å². The van der Waals surface area contributed by atoms with Crippen LogP contribution in [-0.2, 0) is 0 Å². The third-order valence-electron chi connectivity index (χ3n) is 5.34. The molecule has 0 bridgehead atoms. The number of benzene rings is 2. The molecule has 0 spiro atoms. The second kappa shape index (κ2) is 7.08. The van der Waals surface area contributed by atoms with Crippen LogP contribution in [-0.4, -0.2) is 33.8 Å². The Kier molecular flexibility index (Phi) is 4.68. The number of fused-ring (bicyclic) bond motifs is 1. The molecule has 0 amide bonds. The molecule has 0 radical (unpaired) electrons. The average molecular weight is 418 g/mol. The third-order valence-corrected chi connectivity index (χ3v) is 5.34. The van der Waals surface area contributed by atoms with Gasteiger partial charge >= 0.3 is 5.97 Å². The largest absolute Gasteiger partial charge is 0.508 e. The molecule has 2 heterocycles. The lowest BCUT2D eigenvalue weighted by Gasteiger charge is -2.23. The predicted molar refractivity (Wildman–Crippen MR) is 104 cm³/mol. The highest BCUT2D eigenvalue weighted by Gasteiger charge is 2.31. The van der Waals surface area contributed by atoms with Crippen molar-refractivity contribution in [3.8, 4) is 11.4 Å². The van der Waals surface area contributed by atoms with Gasteiger partial charge in [0.15, 0.2) is 17.5 Å². The number of pyridine rings is 1.